The third kappa shape index (κ3) is 1.88. The normalized spacial score (nSPS) is 10.8. The van der Waals surface area contributed by atoms with Crippen LogP contribution in [0.3, 0.4) is 0 Å². The molecular formula is C9H11FIN. The van der Waals surface area contributed by atoms with Crippen molar-refractivity contribution in [1.29, 1.82) is 0 Å². The Morgan fingerprint density at radius 2 is 2.00 bits per heavy atom. The van der Waals surface area contributed by atoms with Gasteiger partial charge in [-0.25, -0.2) is 4.39 Å². The third-order valence-electron chi connectivity index (χ3n) is 1.68. The summed E-state index contributed by atoms with van der Waals surface area (Å²) in [6.07, 6.45) is 0. The lowest BCUT2D eigenvalue weighted by Gasteiger charge is -2.10. The molecular weight excluding hydrogens is 268 g/mol. The highest BCUT2D eigenvalue weighted by molar-refractivity contribution is 14.1. The van der Waals surface area contributed by atoms with Crippen molar-refractivity contribution >= 4 is 28.3 Å². The summed E-state index contributed by atoms with van der Waals surface area (Å²) in [5, 5.41) is 0. The summed E-state index contributed by atoms with van der Waals surface area (Å²) in [5.41, 5.74) is 6.73. The van der Waals surface area contributed by atoms with Crippen LogP contribution in [0.1, 0.15) is 25.3 Å². The molecule has 1 nitrogen and oxygen atoms in total. The largest absolute Gasteiger partial charge is 0.399 e. The number of nitrogen functional groups attached to an aromatic ring is 1. The number of rotatable bonds is 1. The first kappa shape index (κ1) is 9.77. The van der Waals surface area contributed by atoms with Gasteiger partial charge in [0, 0.05) is 14.8 Å². The molecule has 0 amide bonds. The minimum absolute atomic E-state index is 0.200. The van der Waals surface area contributed by atoms with E-state index in [1.165, 1.54) is 6.07 Å². The molecule has 0 saturated carbocycles. The summed E-state index contributed by atoms with van der Waals surface area (Å²) in [5.74, 6) is 0.00639. The zero-order valence-electron chi connectivity index (χ0n) is 7.07. The van der Waals surface area contributed by atoms with Crippen molar-refractivity contribution in [2.24, 2.45) is 0 Å². The summed E-state index contributed by atoms with van der Waals surface area (Å²) in [6, 6.07) is 3.16. The molecule has 0 aromatic heterocycles. The van der Waals surface area contributed by atoms with E-state index in [0.29, 0.717) is 5.69 Å². The Balaban J connectivity index is 3.28. The van der Waals surface area contributed by atoms with Crippen LogP contribution >= 0.6 is 22.6 Å². The van der Waals surface area contributed by atoms with E-state index < -0.39 is 0 Å². The smallest absolute Gasteiger partial charge is 0.129 e. The topological polar surface area (TPSA) is 26.0 Å². The molecule has 0 saturated heterocycles. The minimum Gasteiger partial charge on any atom is -0.399 e. The molecule has 1 rings (SSSR count). The van der Waals surface area contributed by atoms with E-state index >= 15 is 0 Å². The Labute approximate surface area is 85.3 Å². The molecule has 66 valence electrons. The molecule has 0 aliphatic rings. The van der Waals surface area contributed by atoms with Crippen molar-refractivity contribution in [2.45, 2.75) is 19.8 Å². The number of hydrogen-bond donors (Lipinski definition) is 1. The molecule has 0 heterocycles. The number of benzene rings is 1. The second-order valence-electron chi connectivity index (χ2n) is 3.05. The number of nitrogens with two attached hydrogens (primary N) is 1. The van der Waals surface area contributed by atoms with Gasteiger partial charge < -0.3 is 5.73 Å². The van der Waals surface area contributed by atoms with Crippen molar-refractivity contribution in [3.63, 3.8) is 0 Å². The van der Waals surface area contributed by atoms with Crippen LogP contribution in [0, 0.1) is 9.39 Å². The number of halogens is 2. The van der Waals surface area contributed by atoms with Crippen LogP contribution in [0.4, 0.5) is 10.1 Å². The lowest BCUT2D eigenvalue weighted by atomic mass is 10.0. The van der Waals surface area contributed by atoms with Crippen LogP contribution in [0.5, 0.6) is 0 Å². The first-order valence-corrected chi connectivity index (χ1v) is 4.84. The zero-order chi connectivity index (χ0) is 9.30. The molecule has 0 radical (unpaired) electrons. The Kier molecular flexibility index (Phi) is 2.93. The monoisotopic (exact) mass is 279 g/mol. The maximum absolute atomic E-state index is 13.3. The molecule has 1 aromatic carbocycles. The fourth-order valence-electron chi connectivity index (χ4n) is 1.16. The molecule has 0 unspecified atom stereocenters. The molecule has 1 aromatic rings. The predicted octanol–water partition coefficient (Wildman–Crippen LogP) is 3.14. The van der Waals surface area contributed by atoms with Crippen molar-refractivity contribution in [3.05, 3.63) is 27.1 Å². The van der Waals surface area contributed by atoms with Crippen molar-refractivity contribution in [3.8, 4) is 0 Å². The second-order valence-corrected chi connectivity index (χ2v) is 4.22. The number of hydrogen-bond acceptors (Lipinski definition) is 1. The molecule has 0 spiro atoms. The van der Waals surface area contributed by atoms with Crippen LogP contribution in [0.2, 0.25) is 0 Å². The van der Waals surface area contributed by atoms with Gasteiger partial charge >= 0.3 is 0 Å². The van der Waals surface area contributed by atoms with Gasteiger partial charge in [0.2, 0.25) is 0 Å². The lowest BCUT2D eigenvalue weighted by molar-refractivity contribution is 0.597. The standard InChI is InChI=1S/C9H11FIN/c1-5(2)9-7(10)3-6(12)4-8(9)11/h3-5H,12H2,1-2H3. The van der Waals surface area contributed by atoms with Crippen molar-refractivity contribution in [2.75, 3.05) is 5.73 Å². The van der Waals surface area contributed by atoms with E-state index in [9.17, 15) is 4.39 Å². The van der Waals surface area contributed by atoms with Gasteiger partial charge in [0.15, 0.2) is 0 Å². The van der Waals surface area contributed by atoms with Crippen LogP contribution in [0.25, 0.3) is 0 Å². The summed E-state index contributed by atoms with van der Waals surface area (Å²) < 4.78 is 14.2. The second kappa shape index (κ2) is 3.60. The van der Waals surface area contributed by atoms with Gasteiger partial charge in [-0.15, -0.1) is 0 Å². The van der Waals surface area contributed by atoms with Gasteiger partial charge in [-0.05, 0) is 40.6 Å². The van der Waals surface area contributed by atoms with Crippen LogP contribution in [-0.4, -0.2) is 0 Å². The SMILES string of the molecule is CC(C)c1c(F)cc(N)cc1I. The van der Waals surface area contributed by atoms with Gasteiger partial charge in [-0.2, -0.15) is 0 Å². The fraction of sp³-hybridized carbons (Fsp3) is 0.333. The van der Waals surface area contributed by atoms with E-state index in [0.717, 1.165) is 9.13 Å². The van der Waals surface area contributed by atoms with Crippen molar-refractivity contribution < 1.29 is 4.39 Å². The van der Waals surface area contributed by atoms with E-state index in [1.54, 1.807) is 6.07 Å². The maximum atomic E-state index is 13.3. The molecule has 0 aliphatic heterocycles. The summed E-state index contributed by atoms with van der Waals surface area (Å²) in [7, 11) is 0. The zero-order valence-corrected chi connectivity index (χ0v) is 9.22. The molecule has 0 bridgehead atoms. The first-order valence-electron chi connectivity index (χ1n) is 3.76. The summed E-state index contributed by atoms with van der Waals surface area (Å²) in [4.78, 5) is 0. The van der Waals surface area contributed by atoms with Gasteiger partial charge in [-0.3, -0.25) is 0 Å². The first-order chi connectivity index (χ1) is 5.52. The molecule has 2 N–H and O–H groups in total. The van der Waals surface area contributed by atoms with Crippen LogP contribution in [-0.2, 0) is 0 Å². The van der Waals surface area contributed by atoms with E-state index in [1.807, 2.05) is 13.8 Å². The van der Waals surface area contributed by atoms with Gasteiger partial charge in [0.25, 0.3) is 0 Å². The third-order valence-corrected chi connectivity index (χ3v) is 2.57. The van der Waals surface area contributed by atoms with Crippen LogP contribution in [0.15, 0.2) is 12.1 Å². The molecule has 0 fully saturated rings. The predicted molar refractivity (Wildman–Crippen MR) is 57.6 cm³/mol. The quantitative estimate of drug-likeness (QED) is 0.620. The average Bonchev–Trinajstić information content (AvgIpc) is 1.82. The van der Waals surface area contributed by atoms with E-state index in [2.05, 4.69) is 22.6 Å². The Bertz CT molecular complexity index is 274. The lowest BCUT2D eigenvalue weighted by Crippen LogP contribution is -1.99. The average molecular weight is 279 g/mol. The van der Waals surface area contributed by atoms with Gasteiger partial charge in [-0.1, -0.05) is 13.8 Å². The van der Waals surface area contributed by atoms with Crippen molar-refractivity contribution in [1.82, 2.24) is 0 Å². The molecule has 12 heavy (non-hydrogen) atoms. The minimum atomic E-state index is -0.200. The summed E-state index contributed by atoms with van der Waals surface area (Å²) in [6.45, 7) is 3.94. The Hall–Kier alpha value is -0.320. The van der Waals surface area contributed by atoms with E-state index in [-0.39, 0.29) is 11.7 Å². The molecule has 0 atom stereocenters. The highest BCUT2D eigenvalue weighted by atomic mass is 127. The van der Waals surface area contributed by atoms with Gasteiger partial charge in [0.05, 0.1) is 0 Å². The Morgan fingerprint density at radius 3 is 2.42 bits per heavy atom. The van der Waals surface area contributed by atoms with Gasteiger partial charge in [0.1, 0.15) is 5.82 Å². The fourth-order valence-corrected chi connectivity index (χ4v) is 2.40. The number of anilines is 1. The molecule has 3 heteroatoms. The molecule has 0 aliphatic carbocycles. The highest BCUT2D eigenvalue weighted by Crippen LogP contribution is 2.26. The highest BCUT2D eigenvalue weighted by Gasteiger charge is 2.11. The Morgan fingerprint density at radius 1 is 1.42 bits per heavy atom. The van der Waals surface area contributed by atoms with E-state index in [4.69, 9.17) is 5.73 Å². The maximum Gasteiger partial charge on any atom is 0.129 e. The summed E-state index contributed by atoms with van der Waals surface area (Å²) >= 11 is 2.11. The van der Waals surface area contributed by atoms with Crippen LogP contribution < -0.4 is 5.73 Å².